The summed E-state index contributed by atoms with van der Waals surface area (Å²) in [5, 5.41) is 17.0. The molecule has 0 aromatic carbocycles. The molecular weight excluding hydrogens is 162 g/mol. The van der Waals surface area contributed by atoms with Crippen molar-refractivity contribution in [3.05, 3.63) is 11.8 Å². The van der Waals surface area contributed by atoms with Crippen LogP contribution in [0.15, 0.2) is 16.8 Å². The molecule has 0 radical (unpaired) electrons. The zero-order valence-corrected chi connectivity index (χ0v) is 6.15. The van der Waals surface area contributed by atoms with Crippen molar-refractivity contribution in [1.82, 2.24) is 0 Å². The lowest BCUT2D eigenvalue weighted by Crippen LogP contribution is -2.17. The van der Waals surface area contributed by atoms with Crippen LogP contribution in [0.1, 0.15) is 12.8 Å². The zero-order chi connectivity index (χ0) is 9.14. The SMILES string of the molecule is O=C(O)C1=CCCC(C(=O)O)=N1. The second-order valence-corrected chi connectivity index (χ2v) is 2.30. The minimum absolute atomic E-state index is 0.0881. The first-order chi connectivity index (χ1) is 5.61. The Balaban J connectivity index is 2.88. The third kappa shape index (κ3) is 1.69. The summed E-state index contributed by atoms with van der Waals surface area (Å²) in [7, 11) is 0. The summed E-state index contributed by atoms with van der Waals surface area (Å²) < 4.78 is 0. The smallest absolute Gasteiger partial charge is 0.354 e. The van der Waals surface area contributed by atoms with Gasteiger partial charge >= 0.3 is 11.9 Å². The Morgan fingerprint density at radius 3 is 2.50 bits per heavy atom. The molecule has 0 spiro atoms. The van der Waals surface area contributed by atoms with Gasteiger partial charge in [-0.3, -0.25) is 0 Å². The number of hydrogen-bond donors (Lipinski definition) is 2. The monoisotopic (exact) mass is 169 g/mol. The van der Waals surface area contributed by atoms with Gasteiger partial charge in [0.05, 0.1) is 0 Å². The van der Waals surface area contributed by atoms with Crippen LogP contribution in [0, 0.1) is 0 Å². The van der Waals surface area contributed by atoms with Gasteiger partial charge in [0.15, 0.2) is 0 Å². The molecule has 0 unspecified atom stereocenters. The van der Waals surface area contributed by atoms with Crippen molar-refractivity contribution < 1.29 is 19.8 Å². The van der Waals surface area contributed by atoms with Gasteiger partial charge < -0.3 is 10.2 Å². The van der Waals surface area contributed by atoms with Gasteiger partial charge in [-0.05, 0) is 6.42 Å². The van der Waals surface area contributed by atoms with Gasteiger partial charge in [0.2, 0.25) is 0 Å². The molecular formula is C7H7NO4. The van der Waals surface area contributed by atoms with Crippen LogP contribution in [-0.2, 0) is 9.59 Å². The van der Waals surface area contributed by atoms with Crippen molar-refractivity contribution >= 4 is 17.7 Å². The summed E-state index contributed by atoms with van der Waals surface area (Å²) in [5.41, 5.74) is -0.270. The molecule has 1 aliphatic rings. The van der Waals surface area contributed by atoms with Gasteiger partial charge in [0.25, 0.3) is 0 Å². The molecule has 0 aromatic heterocycles. The van der Waals surface area contributed by atoms with E-state index >= 15 is 0 Å². The molecule has 2 N–H and O–H groups in total. The van der Waals surface area contributed by atoms with Gasteiger partial charge in [-0.15, -0.1) is 0 Å². The Morgan fingerprint density at radius 2 is 2.00 bits per heavy atom. The van der Waals surface area contributed by atoms with E-state index in [9.17, 15) is 9.59 Å². The van der Waals surface area contributed by atoms with Crippen LogP contribution in [0.25, 0.3) is 0 Å². The Hall–Kier alpha value is -1.65. The van der Waals surface area contributed by atoms with E-state index in [4.69, 9.17) is 10.2 Å². The Morgan fingerprint density at radius 1 is 1.33 bits per heavy atom. The third-order valence-electron chi connectivity index (χ3n) is 1.44. The molecule has 12 heavy (non-hydrogen) atoms. The van der Waals surface area contributed by atoms with Crippen molar-refractivity contribution in [2.45, 2.75) is 12.8 Å². The molecule has 1 aliphatic heterocycles. The summed E-state index contributed by atoms with van der Waals surface area (Å²) in [6.45, 7) is 0. The first kappa shape index (κ1) is 8.45. The number of aliphatic imine (C=N–C) groups is 1. The van der Waals surface area contributed by atoms with E-state index < -0.39 is 11.9 Å². The molecule has 0 amide bonds. The number of carboxylic acid groups (broad SMARTS) is 2. The fourth-order valence-electron chi connectivity index (χ4n) is 0.882. The predicted octanol–water partition coefficient (Wildman–Crippen LogP) is 0.274. The molecule has 0 bridgehead atoms. The van der Waals surface area contributed by atoms with Crippen LogP contribution >= 0.6 is 0 Å². The maximum absolute atomic E-state index is 10.4. The number of aliphatic carboxylic acids is 2. The molecule has 0 saturated heterocycles. The maximum Gasteiger partial charge on any atom is 0.354 e. The van der Waals surface area contributed by atoms with Crippen molar-refractivity contribution in [2.75, 3.05) is 0 Å². The largest absolute Gasteiger partial charge is 0.477 e. The van der Waals surface area contributed by atoms with Gasteiger partial charge in [-0.1, -0.05) is 6.08 Å². The molecule has 1 rings (SSSR count). The van der Waals surface area contributed by atoms with E-state index in [2.05, 4.69) is 4.99 Å². The molecule has 0 atom stereocenters. The number of nitrogens with zero attached hydrogens (tertiary/aromatic N) is 1. The molecule has 5 heteroatoms. The quantitative estimate of drug-likeness (QED) is 0.621. The highest BCUT2D eigenvalue weighted by atomic mass is 16.4. The molecule has 1 heterocycles. The molecule has 0 saturated carbocycles. The number of hydrogen-bond acceptors (Lipinski definition) is 3. The molecule has 0 aromatic rings. The maximum atomic E-state index is 10.4. The minimum Gasteiger partial charge on any atom is -0.477 e. The average molecular weight is 169 g/mol. The highest BCUT2D eigenvalue weighted by Crippen LogP contribution is 2.10. The van der Waals surface area contributed by atoms with E-state index in [1.165, 1.54) is 6.08 Å². The predicted molar refractivity (Wildman–Crippen MR) is 40.0 cm³/mol. The molecule has 0 aliphatic carbocycles. The molecule has 5 nitrogen and oxygen atoms in total. The first-order valence-electron chi connectivity index (χ1n) is 3.35. The van der Waals surface area contributed by atoms with Crippen molar-refractivity contribution in [2.24, 2.45) is 4.99 Å². The van der Waals surface area contributed by atoms with Crippen LogP contribution in [-0.4, -0.2) is 27.9 Å². The third-order valence-corrected chi connectivity index (χ3v) is 1.44. The van der Waals surface area contributed by atoms with Crippen molar-refractivity contribution in [1.29, 1.82) is 0 Å². The van der Waals surface area contributed by atoms with Gasteiger partial charge in [-0.25, -0.2) is 14.6 Å². The summed E-state index contributed by atoms with van der Waals surface area (Å²) in [6, 6.07) is 0. The average Bonchev–Trinajstić information content (AvgIpc) is 2.04. The summed E-state index contributed by atoms with van der Waals surface area (Å²) in [4.78, 5) is 24.2. The molecule has 64 valence electrons. The fraction of sp³-hybridized carbons (Fsp3) is 0.286. The van der Waals surface area contributed by atoms with E-state index in [-0.39, 0.29) is 11.4 Å². The number of carboxylic acids is 2. The van der Waals surface area contributed by atoms with E-state index in [1.807, 2.05) is 0 Å². The highest BCUT2D eigenvalue weighted by Gasteiger charge is 2.16. The fourth-order valence-corrected chi connectivity index (χ4v) is 0.882. The summed E-state index contributed by atoms with van der Waals surface area (Å²) in [5.74, 6) is -2.34. The lowest BCUT2D eigenvalue weighted by molar-refractivity contribution is -0.132. The van der Waals surface area contributed by atoms with Crippen molar-refractivity contribution in [3.63, 3.8) is 0 Å². The second-order valence-electron chi connectivity index (χ2n) is 2.30. The highest BCUT2D eigenvalue weighted by molar-refractivity contribution is 6.36. The van der Waals surface area contributed by atoms with Gasteiger partial charge in [0, 0.05) is 6.42 Å². The van der Waals surface area contributed by atoms with E-state index in [0.717, 1.165) is 0 Å². The van der Waals surface area contributed by atoms with Gasteiger partial charge in [-0.2, -0.15) is 0 Å². The topological polar surface area (TPSA) is 87.0 Å². The summed E-state index contributed by atoms with van der Waals surface area (Å²) >= 11 is 0. The standard InChI is InChI=1S/C7H7NO4/c9-6(10)4-2-1-3-5(8-4)7(11)12/h2H,1,3H2,(H,9,10)(H,11,12). The van der Waals surface area contributed by atoms with Crippen LogP contribution in [0.3, 0.4) is 0 Å². The second kappa shape index (κ2) is 3.17. The Kier molecular flexibility index (Phi) is 2.23. The van der Waals surface area contributed by atoms with Crippen molar-refractivity contribution in [3.8, 4) is 0 Å². The summed E-state index contributed by atoms with van der Waals surface area (Å²) in [6.07, 6.45) is 2.13. The lowest BCUT2D eigenvalue weighted by atomic mass is 10.1. The Labute approximate surface area is 68.0 Å². The number of rotatable bonds is 2. The van der Waals surface area contributed by atoms with Crippen LogP contribution in [0.4, 0.5) is 0 Å². The normalized spacial score (nSPS) is 16.3. The lowest BCUT2D eigenvalue weighted by Gasteiger charge is -2.05. The Bertz CT molecular complexity index is 290. The van der Waals surface area contributed by atoms with Gasteiger partial charge in [0.1, 0.15) is 11.4 Å². The van der Waals surface area contributed by atoms with E-state index in [1.54, 1.807) is 0 Å². The minimum atomic E-state index is -1.19. The van der Waals surface area contributed by atoms with Crippen LogP contribution in [0.2, 0.25) is 0 Å². The van der Waals surface area contributed by atoms with Crippen LogP contribution < -0.4 is 0 Å². The number of carbonyl (C=O) groups is 2. The zero-order valence-electron chi connectivity index (χ0n) is 6.15. The molecule has 0 fully saturated rings. The van der Waals surface area contributed by atoms with Crippen LogP contribution in [0.5, 0.6) is 0 Å². The van der Waals surface area contributed by atoms with E-state index in [0.29, 0.717) is 12.8 Å². The number of allylic oxidation sites excluding steroid dienone is 1. The first-order valence-corrected chi connectivity index (χ1v) is 3.35.